The molecule has 1 N–H and O–H groups in total. The van der Waals surface area contributed by atoms with Crippen LogP contribution in [0.2, 0.25) is 0 Å². The maximum atomic E-state index is 9.98. The second kappa shape index (κ2) is 4.89. The van der Waals surface area contributed by atoms with E-state index < -0.39 is 0 Å². The summed E-state index contributed by atoms with van der Waals surface area (Å²) in [5.74, 6) is 2.34. The van der Waals surface area contributed by atoms with Gasteiger partial charge in [0, 0.05) is 24.3 Å². The summed E-state index contributed by atoms with van der Waals surface area (Å²) in [6.07, 6.45) is 2.48. The first-order chi connectivity index (χ1) is 9.60. The molecule has 0 spiro atoms. The standard InChI is InChI=1S/C17H20O3/c1-10-4-6-12(7-5-10)17-11(2)13-8-14(18)16(19-3)9-15(13)20-17/h4-7,9,11,13,17-18H,8H2,1-3H3/t11-,13?,17?/m1/s1. The highest BCUT2D eigenvalue weighted by Crippen LogP contribution is 2.49. The molecular weight excluding hydrogens is 252 g/mol. The van der Waals surface area contributed by atoms with E-state index >= 15 is 0 Å². The van der Waals surface area contributed by atoms with Gasteiger partial charge in [-0.2, -0.15) is 0 Å². The number of aliphatic hydroxyl groups excluding tert-OH is 1. The van der Waals surface area contributed by atoms with Crippen LogP contribution in [0.5, 0.6) is 0 Å². The van der Waals surface area contributed by atoms with Gasteiger partial charge in [-0.15, -0.1) is 0 Å². The van der Waals surface area contributed by atoms with Gasteiger partial charge in [0.05, 0.1) is 7.11 Å². The van der Waals surface area contributed by atoms with E-state index in [1.165, 1.54) is 11.1 Å². The average molecular weight is 272 g/mol. The number of aryl methyl sites for hydroxylation is 1. The lowest BCUT2D eigenvalue weighted by Gasteiger charge is -2.20. The molecule has 3 atom stereocenters. The third-order valence-corrected chi connectivity index (χ3v) is 4.34. The SMILES string of the molecule is COC1=C(O)CC2C(=C1)OC(c1ccc(C)cc1)[C@@H]2C. The minimum absolute atomic E-state index is 0.0517. The molecule has 2 unspecified atom stereocenters. The van der Waals surface area contributed by atoms with Crippen LogP contribution in [0, 0.1) is 18.8 Å². The highest BCUT2D eigenvalue weighted by atomic mass is 16.5. The Hall–Kier alpha value is -1.90. The van der Waals surface area contributed by atoms with Gasteiger partial charge in [0.1, 0.15) is 17.6 Å². The Morgan fingerprint density at radius 1 is 1.25 bits per heavy atom. The van der Waals surface area contributed by atoms with E-state index in [0.29, 0.717) is 23.9 Å². The molecule has 1 aromatic carbocycles. The van der Waals surface area contributed by atoms with E-state index in [1.807, 2.05) is 6.08 Å². The van der Waals surface area contributed by atoms with Crippen LogP contribution in [0.4, 0.5) is 0 Å². The molecule has 1 saturated heterocycles. The summed E-state index contributed by atoms with van der Waals surface area (Å²) in [6, 6.07) is 8.47. The van der Waals surface area contributed by atoms with Crippen LogP contribution >= 0.6 is 0 Å². The lowest BCUT2D eigenvalue weighted by atomic mass is 9.83. The van der Waals surface area contributed by atoms with E-state index in [1.54, 1.807) is 7.11 Å². The minimum Gasteiger partial charge on any atom is -0.508 e. The van der Waals surface area contributed by atoms with Gasteiger partial charge >= 0.3 is 0 Å². The summed E-state index contributed by atoms with van der Waals surface area (Å²) >= 11 is 0. The number of allylic oxidation sites excluding steroid dienone is 3. The first-order valence-electron chi connectivity index (χ1n) is 7.01. The van der Waals surface area contributed by atoms with Crippen molar-refractivity contribution in [3.8, 4) is 0 Å². The topological polar surface area (TPSA) is 38.7 Å². The van der Waals surface area contributed by atoms with Crippen molar-refractivity contribution in [2.45, 2.75) is 26.4 Å². The third kappa shape index (κ3) is 2.07. The summed E-state index contributed by atoms with van der Waals surface area (Å²) < 4.78 is 11.3. The molecule has 0 radical (unpaired) electrons. The second-order valence-electron chi connectivity index (χ2n) is 5.68. The predicted molar refractivity (Wildman–Crippen MR) is 77.0 cm³/mol. The highest BCUT2D eigenvalue weighted by Gasteiger charge is 2.42. The van der Waals surface area contributed by atoms with Gasteiger partial charge in [0.2, 0.25) is 0 Å². The van der Waals surface area contributed by atoms with Crippen molar-refractivity contribution < 1.29 is 14.6 Å². The number of rotatable bonds is 2. The van der Waals surface area contributed by atoms with Crippen LogP contribution in [0.1, 0.15) is 30.6 Å². The van der Waals surface area contributed by atoms with Gasteiger partial charge in [-0.1, -0.05) is 36.8 Å². The zero-order valence-corrected chi connectivity index (χ0v) is 12.1. The summed E-state index contributed by atoms with van der Waals surface area (Å²) in [6.45, 7) is 4.26. The first kappa shape index (κ1) is 13.1. The normalized spacial score (nSPS) is 28.8. The lowest BCUT2D eigenvalue weighted by molar-refractivity contribution is 0.136. The fraction of sp³-hybridized carbons (Fsp3) is 0.412. The van der Waals surface area contributed by atoms with Crippen LogP contribution in [0.25, 0.3) is 0 Å². The zero-order valence-electron chi connectivity index (χ0n) is 12.1. The molecule has 0 aromatic heterocycles. The van der Waals surface area contributed by atoms with E-state index in [0.717, 1.165) is 5.76 Å². The fourth-order valence-electron chi connectivity index (χ4n) is 3.06. The molecule has 0 saturated carbocycles. The van der Waals surface area contributed by atoms with Gasteiger partial charge in [-0.3, -0.25) is 0 Å². The van der Waals surface area contributed by atoms with Crippen molar-refractivity contribution in [1.82, 2.24) is 0 Å². The Morgan fingerprint density at radius 2 is 1.95 bits per heavy atom. The van der Waals surface area contributed by atoms with Crippen molar-refractivity contribution in [2.24, 2.45) is 11.8 Å². The van der Waals surface area contributed by atoms with E-state index in [4.69, 9.17) is 9.47 Å². The lowest BCUT2D eigenvalue weighted by Crippen LogP contribution is -2.15. The molecular formula is C17H20O3. The van der Waals surface area contributed by atoms with Gasteiger partial charge in [-0.25, -0.2) is 0 Å². The van der Waals surface area contributed by atoms with Crippen molar-refractivity contribution in [3.05, 3.63) is 58.7 Å². The van der Waals surface area contributed by atoms with Crippen molar-refractivity contribution in [3.63, 3.8) is 0 Å². The molecule has 1 aliphatic carbocycles. The zero-order chi connectivity index (χ0) is 14.3. The molecule has 3 heteroatoms. The van der Waals surface area contributed by atoms with E-state index in [9.17, 15) is 5.11 Å². The van der Waals surface area contributed by atoms with Crippen LogP contribution in [-0.2, 0) is 9.47 Å². The minimum atomic E-state index is 0.0517. The number of ether oxygens (including phenoxy) is 2. The molecule has 3 rings (SSSR count). The summed E-state index contributed by atoms with van der Waals surface area (Å²) in [5, 5.41) is 9.98. The molecule has 1 heterocycles. The highest BCUT2D eigenvalue weighted by molar-refractivity contribution is 5.32. The van der Waals surface area contributed by atoms with Crippen molar-refractivity contribution in [2.75, 3.05) is 7.11 Å². The molecule has 0 bridgehead atoms. The van der Waals surface area contributed by atoms with Crippen LogP contribution in [0.15, 0.2) is 47.6 Å². The molecule has 1 fully saturated rings. The van der Waals surface area contributed by atoms with Gasteiger partial charge in [0.15, 0.2) is 5.76 Å². The number of benzene rings is 1. The van der Waals surface area contributed by atoms with Gasteiger partial charge < -0.3 is 14.6 Å². The van der Waals surface area contributed by atoms with Crippen LogP contribution in [-0.4, -0.2) is 12.2 Å². The number of aliphatic hydroxyl groups is 1. The summed E-state index contributed by atoms with van der Waals surface area (Å²) in [5.41, 5.74) is 2.44. The number of hydrogen-bond donors (Lipinski definition) is 1. The number of hydrogen-bond acceptors (Lipinski definition) is 3. The Kier molecular flexibility index (Phi) is 3.20. The van der Waals surface area contributed by atoms with Crippen molar-refractivity contribution in [1.29, 1.82) is 0 Å². The maximum absolute atomic E-state index is 9.98. The smallest absolute Gasteiger partial charge is 0.159 e. The van der Waals surface area contributed by atoms with E-state index in [2.05, 4.69) is 38.1 Å². The summed E-state index contributed by atoms with van der Waals surface area (Å²) in [7, 11) is 1.57. The molecule has 106 valence electrons. The van der Waals surface area contributed by atoms with E-state index in [-0.39, 0.29) is 12.0 Å². The molecule has 1 aromatic rings. The third-order valence-electron chi connectivity index (χ3n) is 4.34. The van der Waals surface area contributed by atoms with Gasteiger partial charge in [-0.05, 0) is 12.5 Å². The molecule has 1 aliphatic heterocycles. The van der Waals surface area contributed by atoms with Gasteiger partial charge in [0.25, 0.3) is 0 Å². The second-order valence-corrected chi connectivity index (χ2v) is 5.68. The Morgan fingerprint density at radius 3 is 2.60 bits per heavy atom. The van der Waals surface area contributed by atoms with Crippen LogP contribution < -0.4 is 0 Å². The Bertz CT molecular complexity index is 568. The van der Waals surface area contributed by atoms with Crippen LogP contribution in [0.3, 0.4) is 0 Å². The Balaban J connectivity index is 1.88. The number of fused-ring (bicyclic) bond motifs is 1. The Labute approximate surface area is 119 Å². The monoisotopic (exact) mass is 272 g/mol. The largest absolute Gasteiger partial charge is 0.508 e. The molecule has 20 heavy (non-hydrogen) atoms. The summed E-state index contributed by atoms with van der Waals surface area (Å²) in [4.78, 5) is 0. The predicted octanol–water partition coefficient (Wildman–Crippen LogP) is 4.02. The molecule has 3 nitrogen and oxygen atoms in total. The van der Waals surface area contributed by atoms with Crippen molar-refractivity contribution >= 4 is 0 Å². The quantitative estimate of drug-likeness (QED) is 0.883. The maximum Gasteiger partial charge on any atom is 0.159 e. The average Bonchev–Trinajstić information content (AvgIpc) is 2.76. The first-order valence-corrected chi connectivity index (χ1v) is 7.01. The number of methoxy groups -OCH3 is 1. The fourth-order valence-corrected chi connectivity index (χ4v) is 3.06. The molecule has 0 amide bonds. The molecule has 2 aliphatic rings.